The number of rotatable bonds is 8. The summed E-state index contributed by atoms with van der Waals surface area (Å²) in [5.74, 6) is -0.0603. The highest BCUT2D eigenvalue weighted by molar-refractivity contribution is 8.01. The third kappa shape index (κ3) is 6.19. The Morgan fingerprint density at radius 2 is 1.81 bits per heavy atom. The first-order chi connectivity index (χ1) is 13.1. The van der Waals surface area contributed by atoms with E-state index in [1.807, 2.05) is 30.3 Å². The zero-order valence-electron chi connectivity index (χ0n) is 13.8. The molecule has 0 unspecified atom stereocenters. The molecule has 3 aromatic rings. The number of para-hydroxylation sites is 1. The number of hydrogen-bond acceptors (Lipinski definition) is 7. The highest BCUT2D eigenvalue weighted by Crippen LogP contribution is 2.27. The molecule has 140 valence electrons. The van der Waals surface area contributed by atoms with Crippen LogP contribution >= 0.6 is 23.1 Å². The van der Waals surface area contributed by atoms with E-state index in [1.54, 1.807) is 0 Å². The smallest absolute Gasteiger partial charge is 0.387 e. The van der Waals surface area contributed by atoms with Crippen molar-refractivity contribution >= 4 is 45.5 Å². The van der Waals surface area contributed by atoms with Gasteiger partial charge in [0.05, 0.1) is 5.75 Å². The summed E-state index contributed by atoms with van der Waals surface area (Å²) in [4.78, 5) is 12.0. The van der Waals surface area contributed by atoms with Crippen LogP contribution in [-0.2, 0) is 4.79 Å². The topological polar surface area (TPSA) is 76.1 Å². The molecule has 0 saturated heterocycles. The molecule has 10 heteroatoms. The lowest BCUT2D eigenvalue weighted by Gasteiger charge is -2.07. The van der Waals surface area contributed by atoms with Gasteiger partial charge in [0.25, 0.3) is 0 Å². The lowest BCUT2D eigenvalue weighted by molar-refractivity contribution is -0.113. The summed E-state index contributed by atoms with van der Waals surface area (Å²) in [5, 5.41) is 14.5. The molecule has 0 spiro atoms. The van der Waals surface area contributed by atoms with Gasteiger partial charge in [-0.25, -0.2) is 0 Å². The van der Waals surface area contributed by atoms with E-state index >= 15 is 0 Å². The maximum Gasteiger partial charge on any atom is 0.387 e. The number of hydrogen-bond donors (Lipinski definition) is 2. The summed E-state index contributed by atoms with van der Waals surface area (Å²) in [6.45, 7) is -2.88. The largest absolute Gasteiger partial charge is 0.435 e. The second-order valence-corrected chi connectivity index (χ2v) is 7.30. The molecular weight excluding hydrogens is 394 g/mol. The van der Waals surface area contributed by atoms with Crippen LogP contribution in [0.3, 0.4) is 0 Å². The van der Waals surface area contributed by atoms with Crippen molar-refractivity contribution in [2.45, 2.75) is 11.0 Å². The fourth-order valence-corrected chi connectivity index (χ4v) is 3.58. The average Bonchev–Trinajstić information content (AvgIpc) is 3.09. The van der Waals surface area contributed by atoms with Gasteiger partial charge in [0.2, 0.25) is 11.0 Å². The van der Waals surface area contributed by atoms with Gasteiger partial charge in [0.1, 0.15) is 5.75 Å². The van der Waals surface area contributed by atoms with Gasteiger partial charge in [0, 0.05) is 11.4 Å². The van der Waals surface area contributed by atoms with Crippen molar-refractivity contribution in [3.8, 4) is 5.75 Å². The SMILES string of the molecule is O=C(CSc1nnc(Nc2ccccc2)s1)Nc1ccc(OC(F)F)cc1. The lowest BCUT2D eigenvalue weighted by Crippen LogP contribution is -2.13. The minimum absolute atomic E-state index is 0.0321. The average molecular weight is 408 g/mol. The molecule has 0 fully saturated rings. The molecule has 27 heavy (non-hydrogen) atoms. The first kappa shape index (κ1) is 19.1. The van der Waals surface area contributed by atoms with Crippen molar-refractivity contribution in [3.63, 3.8) is 0 Å². The Labute approximate surface area is 162 Å². The number of anilines is 3. The third-order valence-electron chi connectivity index (χ3n) is 3.12. The highest BCUT2D eigenvalue weighted by Gasteiger charge is 2.09. The number of alkyl halides is 2. The number of halogens is 2. The molecule has 3 rings (SSSR count). The number of carbonyl (C=O) groups excluding carboxylic acids is 1. The molecule has 0 atom stereocenters. The summed E-state index contributed by atoms with van der Waals surface area (Å²) in [7, 11) is 0. The number of ether oxygens (including phenoxy) is 1. The molecule has 0 radical (unpaired) electrons. The van der Waals surface area contributed by atoms with Gasteiger partial charge in [0.15, 0.2) is 4.34 Å². The third-order valence-corrected chi connectivity index (χ3v) is 5.09. The fourth-order valence-electron chi connectivity index (χ4n) is 2.01. The monoisotopic (exact) mass is 408 g/mol. The van der Waals surface area contributed by atoms with Gasteiger partial charge in [-0.1, -0.05) is 41.3 Å². The lowest BCUT2D eigenvalue weighted by atomic mass is 10.3. The fraction of sp³-hybridized carbons (Fsp3) is 0.118. The summed E-state index contributed by atoms with van der Waals surface area (Å²) in [6, 6.07) is 15.3. The van der Waals surface area contributed by atoms with Crippen molar-refractivity contribution in [1.29, 1.82) is 0 Å². The number of nitrogens with one attached hydrogen (secondary N) is 2. The molecule has 1 aromatic heterocycles. The quantitative estimate of drug-likeness (QED) is 0.530. The second-order valence-electron chi connectivity index (χ2n) is 5.10. The van der Waals surface area contributed by atoms with Crippen LogP contribution in [0.4, 0.5) is 25.3 Å². The maximum absolute atomic E-state index is 12.1. The van der Waals surface area contributed by atoms with Crippen LogP contribution in [0.15, 0.2) is 58.9 Å². The molecule has 0 aliphatic heterocycles. The summed E-state index contributed by atoms with van der Waals surface area (Å²) in [5.41, 5.74) is 1.40. The van der Waals surface area contributed by atoms with Crippen LogP contribution < -0.4 is 15.4 Å². The Hall–Kier alpha value is -2.72. The standard InChI is InChI=1S/C17H14F2N4O2S2/c18-15(19)25-13-8-6-12(7-9-13)20-14(24)10-26-17-23-22-16(27-17)21-11-4-2-1-3-5-11/h1-9,15H,10H2,(H,20,24)(H,21,22). The van der Waals surface area contributed by atoms with E-state index in [0.717, 1.165) is 5.69 Å². The Bertz CT molecular complexity index is 876. The molecule has 2 aromatic carbocycles. The maximum atomic E-state index is 12.1. The molecule has 0 bridgehead atoms. The van der Waals surface area contributed by atoms with Crippen LogP contribution in [0.1, 0.15) is 0 Å². The minimum atomic E-state index is -2.88. The van der Waals surface area contributed by atoms with E-state index in [1.165, 1.54) is 47.4 Å². The second kappa shape index (κ2) is 9.28. The Morgan fingerprint density at radius 3 is 2.52 bits per heavy atom. The van der Waals surface area contributed by atoms with Crippen molar-refractivity contribution in [2.24, 2.45) is 0 Å². The van der Waals surface area contributed by atoms with Crippen LogP contribution in [0.2, 0.25) is 0 Å². The minimum Gasteiger partial charge on any atom is -0.435 e. The summed E-state index contributed by atoms with van der Waals surface area (Å²) in [6.07, 6.45) is 0. The van der Waals surface area contributed by atoms with Crippen LogP contribution in [-0.4, -0.2) is 28.5 Å². The van der Waals surface area contributed by atoms with E-state index in [2.05, 4.69) is 25.6 Å². The molecule has 2 N–H and O–H groups in total. The summed E-state index contributed by atoms with van der Waals surface area (Å²) >= 11 is 2.61. The van der Waals surface area contributed by atoms with E-state index in [4.69, 9.17) is 0 Å². The molecule has 1 amide bonds. The van der Waals surface area contributed by atoms with Crippen LogP contribution in [0.25, 0.3) is 0 Å². The van der Waals surface area contributed by atoms with Crippen molar-refractivity contribution < 1.29 is 18.3 Å². The predicted molar refractivity (Wildman–Crippen MR) is 102 cm³/mol. The molecule has 0 saturated carbocycles. The first-order valence-electron chi connectivity index (χ1n) is 7.71. The molecule has 0 aliphatic carbocycles. The van der Waals surface area contributed by atoms with Gasteiger partial charge >= 0.3 is 6.61 Å². The van der Waals surface area contributed by atoms with Crippen molar-refractivity contribution in [1.82, 2.24) is 10.2 Å². The number of aromatic nitrogens is 2. The van der Waals surface area contributed by atoms with E-state index in [-0.39, 0.29) is 17.4 Å². The Kier molecular flexibility index (Phi) is 6.55. The van der Waals surface area contributed by atoms with Gasteiger partial charge in [-0.15, -0.1) is 10.2 Å². The van der Waals surface area contributed by atoms with Crippen LogP contribution in [0.5, 0.6) is 5.75 Å². The predicted octanol–water partition coefficient (Wildman–Crippen LogP) is 4.61. The van der Waals surface area contributed by atoms with E-state index in [9.17, 15) is 13.6 Å². The van der Waals surface area contributed by atoms with E-state index < -0.39 is 6.61 Å². The molecular formula is C17H14F2N4O2S2. The number of benzene rings is 2. The molecule has 6 nitrogen and oxygen atoms in total. The molecule has 0 aliphatic rings. The van der Waals surface area contributed by atoms with Gasteiger partial charge in [-0.3, -0.25) is 4.79 Å². The zero-order valence-corrected chi connectivity index (χ0v) is 15.4. The highest BCUT2D eigenvalue weighted by atomic mass is 32.2. The van der Waals surface area contributed by atoms with Crippen molar-refractivity contribution in [3.05, 3.63) is 54.6 Å². The van der Waals surface area contributed by atoms with E-state index in [0.29, 0.717) is 15.2 Å². The molecule has 1 heterocycles. The Morgan fingerprint density at radius 1 is 1.07 bits per heavy atom. The van der Waals surface area contributed by atoms with Crippen molar-refractivity contribution in [2.75, 3.05) is 16.4 Å². The Balaban J connectivity index is 1.46. The van der Waals surface area contributed by atoms with Gasteiger partial charge in [-0.2, -0.15) is 8.78 Å². The summed E-state index contributed by atoms with van der Waals surface area (Å²) < 4.78 is 29.1. The number of thioether (sulfide) groups is 1. The first-order valence-corrected chi connectivity index (χ1v) is 9.52. The normalized spacial score (nSPS) is 10.6. The zero-order chi connectivity index (χ0) is 19.1. The number of carbonyl (C=O) groups is 1. The van der Waals surface area contributed by atoms with Crippen LogP contribution in [0, 0.1) is 0 Å². The number of nitrogens with zero attached hydrogens (tertiary/aromatic N) is 2. The van der Waals surface area contributed by atoms with Gasteiger partial charge in [-0.05, 0) is 36.4 Å². The van der Waals surface area contributed by atoms with Gasteiger partial charge < -0.3 is 15.4 Å². The number of amides is 1.